The van der Waals surface area contributed by atoms with Gasteiger partial charge in [-0.3, -0.25) is 4.57 Å². The van der Waals surface area contributed by atoms with Crippen LogP contribution in [-0.2, 0) is 31.7 Å². The van der Waals surface area contributed by atoms with E-state index in [4.69, 9.17) is 24.5 Å². The van der Waals surface area contributed by atoms with Gasteiger partial charge in [0, 0.05) is 13.2 Å². The fraction of sp³-hybridized carbons (Fsp3) is 0.542. The van der Waals surface area contributed by atoms with Crippen LogP contribution in [0, 0.1) is 0 Å². The lowest BCUT2D eigenvalue weighted by Crippen LogP contribution is -2.41. The van der Waals surface area contributed by atoms with Crippen LogP contribution in [0.3, 0.4) is 0 Å². The molecule has 3 rings (SSSR count). The van der Waals surface area contributed by atoms with Gasteiger partial charge in [0.05, 0.1) is 25.0 Å². The first-order chi connectivity index (χ1) is 17.3. The summed E-state index contributed by atoms with van der Waals surface area (Å²) in [5, 5.41) is 3.10. The van der Waals surface area contributed by atoms with Gasteiger partial charge >= 0.3 is 7.52 Å². The van der Waals surface area contributed by atoms with Crippen LogP contribution in [0.5, 0.6) is 5.75 Å². The van der Waals surface area contributed by atoms with Gasteiger partial charge < -0.3 is 29.0 Å². The standard InChI is InChI=1S/C24H37N6O5P/c1-6-19-10-9-11-20(12-19)35-36(31,29-18(5)24(32-7-2)33-8-3)16-34-17(4)13-30-15-28-21-22(25)26-14-27-23(21)30/h9-12,14-15,17-18,24H,6-8,13,16H2,1-5H3,(H,29,31)(H2,25,26,27)/t17-,18+,36?/m1/s1. The SMILES string of the molecule is CCOC(OCC)[C@H](C)NP(=O)(CO[C@H](C)Cn1cnc2c(N)ncnc21)Oc1cccc(CC)c1. The molecule has 0 saturated carbocycles. The molecule has 3 N–H and O–H groups in total. The summed E-state index contributed by atoms with van der Waals surface area (Å²) in [4.78, 5) is 12.5. The number of imidazole rings is 1. The maximum atomic E-state index is 14.0. The molecule has 0 aliphatic carbocycles. The molecule has 0 aliphatic rings. The summed E-state index contributed by atoms with van der Waals surface area (Å²) in [6.07, 6.45) is 2.79. The second-order valence-corrected chi connectivity index (χ2v) is 10.4. The van der Waals surface area contributed by atoms with Crippen LogP contribution >= 0.6 is 7.52 Å². The predicted octanol–water partition coefficient (Wildman–Crippen LogP) is 3.98. The average molecular weight is 521 g/mol. The van der Waals surface area contributed by atoms with E-state index in [1.165, 1.54) is 6.33 Å². The van der Waals surface area contributed by atoms with Crippen LogP contribution in [0.4, 0.5) is 5.82 Å². The lowest BCUT2D eigenvalue weighted by molar-refractivity contribution is -0.148. The van der Waals surface area contributed by atoms with Crippen molar-refractivity contribution in [2.24, 2.45) is 0 Å². The number of hydrogen-bond donors (Lipinski definition) is 2. The number of nitrogens with two attached hydrogens (primary N) is 1. The first-order valence-corrected chi connectivity index (χ1v) is 14.0. The van der Waals surface area contributed by atoms with E-state index in [-0.39, 0.29) is 12.5 Å². The molecule has 2 aromatic heterocycles. The van der Waals surface area contributed by atoms with Gasteiger partial charge in [0.2, 0.25) is 0 Å². The van der Waals surface area contributed by atoms with Crippen molar-refractivity contribution < 1.29 is 23.3 Å². The van der Waals surface area contributed by atoms with Gasteiger partial charge in [0.15, 0.2) is 17.8 Å². The van der Waals surface area contributed by atoms with E-state index in [0.29, 0.717) is 42.5 Å². The molecular formula is C24H37N6O5P. The van der Waals surface area contributed by atoms with Crippen molar-refractivity contribution in [1.82, 2.24) is 24.6 Å². The van der Waals surface area contributed by atoms with E-state index < -0.39 is 19.9 Å². The molecule has 36 heavy (non-hydrogen) atoms. The number of fused-ring (bicyclic) bond motifs is 1. The van der Waals surface area contributed by atoms with Gasteiger partial charge in [-0.25, -0.2) is 20.0 Å². The average Bonchev–Trinajstić information content (AvgIpc) is 3.26. The molecule has 3 atom stereocenters. The Labute approximate surface area is 212 Å². The number of benzene rings is 1. The van der Waals surface area contributed by atoms with Crippen molar-refractivity contribution in [2.75, 3.05) is 25.3 Å². The number of anilines is 1. The van der Waals surface area contributed by atoms with Crippen LogP contribution in [0.2, 0.25) is 0 Å². The van der Waals surface area contributed by atoms with Crippen molar-refractivity contribution in [2.45, 2.75) is 66.0 Å². The zero-order valence-corrected chi connectivity index (χ0v) is 22.5. The Kier molecular flexibility index (Phi) is 10.2. The largest absolute Gasteiger partial charge is 0.431 e. The first-order valence-electron chi connectivity index (χ1n) is 12.2. The Bertz CT molecular complexity index is 1150. The number of ether oxygens (including phenoxy) is 3. The Hall–Kier alpha value is -2.56. The van der Waals surface area contributed by atoms with Crippen molar-refractivity contribution in [3.05, 3.63) is 42.5 Å². The number of hydrogen-bond acceptors (Lipinski definition) is 9. The van der Waals surface area contributed by atoms with Gasteiger partial charge in [-0.1, -0.05) is 19.1 Å². The number of nitrogens with zero attached hydrogens (tertiary/aromatic N) is 4. The molecule has 1 aromatic carbocycles. The first kappa shape index (κ1) is 28.0. The number of rotatable bonds is 15. The van der Waals surface area contributed by atoms with Gasteiger partial charge in [-0.2, -0.15) is 0 Å². The van der Waals surface area contributed by atoms with Gasteiger partial charge in [0.25, 0.3) is 0 Å². The second kappa shape index (κ2) is 13.1. The smallest absolute Gasteiger partial charge is 0.342 e. The van der Waals surface area contributed by atoms with Gasteiger partial charge in [-0.15, -0.1) is 0 Å². The maximum absolute atomic E-state index is 14.0. The third-order valence-electron chi connectivity index (χ3n) is 5.44. The number of aromatic nitrogens is 4. The fourth-order valence-corrected chi connectivity index (χ4v) is 5.53. The molecule has 0 bridgehead atoms. The van der Waals surface area contributed by atoms with E-state index in [0.717, 1.165) is 12.0 Å². The summed E-state index contributed by atoms with van der Waals surface area (Å²) >= 11 is 0. The Morgan fingerprint density at radius 2 is 1.83 bits per heavy atom. The molecule has 198 valence electrons. The molecule has 12 heteroatoms. The maximum Gasteiger partial charge on any atom is 0.342 e. The lowest BCUT2D eigenvalue weighted by atomic mass is 10.2. The Balaban J connectivity index is 1.75. The highest BCUT2D eigenvalue weighted by atomic mass is 31.2. The number of nitrogens with one attached hydrogen (secondary N) is 1. The van der Waals surface area contributed by atoms with Crippen molar-refractivity contribution in [1.29, 1.82) is 0 Å². The van der Waals surface area contributed by atoms with Crippen LogP contribution in [0.15, 0.2) is 36.9 Å². The fourth-order valence-electron chi connectivity index (χ4n) is 3.71. The zero-order chi connectivity index (χ0) is 26.1. The second-order valence-electron chi connectivity index (χ2n) is 8.40. The third-order valence-corrected chi connectivity index (χ3v) is 7.24. The van der Waals surface area contributed by atoms with Crippen LogP contribution in [-0.4, -0.2) is 57.5 Å². The summed E-state index contributed by atoms with van der Waals surface area (Å²) < 4.78 is 39.3. The van der Waals surface area contributed by atoms with Crippen LogP contribution in [0.1, 0.15) is 40.2 Å². The molecule has 2 heterocycles. The normalized spacial score (nSPS) is 15.2. The minimum absolute atomic E-state index is 0.163. The minimum Gasteiger partial charge on any atom is -0.431 e. The van der Waals surface area contributed by atoms with E-state index in [1.54, 1.807) is 12.4 Å². The van der Waals surface area contributed by atoms with E-state index in [1.807, 2.05) is 50.5 Å². The van der Waals surface area contributed by atoms with Gasteiger partial charge in [-0.05, 0) is 51.8 Å². The van der Waals surface area contributed by atoms with Crippen molar-refractivity contribution in [3.8, 4) is 5.75 Å². The Morgan fingerprint density at radius 3 is 2.53 bits per heavy atom. The quantitative estimate of drug-likeness (QED) is 0.224. The summed E-state index contributed by atoms with van der Waals surface area (Å²) in [6, 6.07) is 7.13. The third kappa shape index (κ3) is 7.47. The molecule has 0 saturated heterocycles. The minimum atomic E-state index is -3.53. The lowest BCUT2D eigenvalue weighted by Gasteiger charge is -2.29. The summed E-state index contributed by atoms with van der Waals surface area (Å²) in [6.45, 7) is 10.9. The van der Waals surface area contributed by atoms with E-state index >= 15 is 0 Å². The van der Waals surface area contributed by atoms with Gasteiger partial charge in [0.1, 0.15) is 23.9 Å². The number of aryl methyl sites for hydroxylation is 1. The van der Waals surface area contributed by atoms with Crippen LogP contribution in [0.25, 0.3) is 11.2 Å². The summed E-state index contributed by atoms with van der Waals surface area (Å²) in [5.41, 5.74) is 8.10. The highest BCUT2D eigenvalue weighted by Crippen LogP contribution is 2.44. The van der Waals surface area contributed by atoms with E-state index in [2.05, 4.69) is 27.0 Å². The summed E-state index contributed by atoms with van der Waals surface area (Å²) in [7, 11) is -3.53. The molecule has 0 radical (unpaired) electrons. The molecule has 0 fully saturated rings. The molecule has 1 unspecified atom stereocenters. The predicted molar refractivity (Wildman–Crippen MR) is 139 cm³/mol. The highest BCUT2D eigenvalue weighted by molar-refractivity contribution is 7.57. The van der Waals surface area contributed by atoms with E-state index in [9.17, 15) is 4.57 Å². The Morgan fingerprint density at radius 1 is 1.08 bits per heavy atom. The number of nitrogen functional groups attached to an aromatic ring is 1. The molecule has 0 aliphatic heterocycles. The monoisotopic (exact) mass is 520 g/mol. The van der Waals surface area contributed by atoms with Crippen molar-refractivity contribution >= 4 is 24.5 Å². The summed E-state index contributed by atoms with van der Waals surface area (Å²) in [5.74, 6) is 0.821. The van der Waals surface area contributed by atoms with Crippen LogP contribution < -0.4 is 15.3 Å². The molecule has 0 spiro atoms. The molecule has 0 amide bonds. The highest BCUT2D eigenvalue weighted by Gasteiger charge is 2.32. The van der Waals surface area contributed by atoms with Crippen molar-refractivity contribution in [3.63, 3.8) is 0 Å². The molecule has 11 nitrogen and oxygen atoms in total. The zero-order valence-electron chi connectivity index (χ0n) is 21.6. The topological polar surface area (TPSA) is 136 Å². The molecule has 3 aromatic rings. The molecular weight excluding hydrogens is 483 g/mol.